The molecule has 0 saturated carbocycles. The Morgan fingerprint density at radius 2 is 1.27 bits per heavy atom. The number of carbonyl (C=O) groups excluding carboxylic acids is 2. The van der Waals surface area contributed by atoms with E-state index in [1.165, 1.54) is 13.8 Å². The van der Waals surface area contributed by atoms with E-state index < -0.39 is 49.9 Å². The van der Waals surface area contributed by atoms with Crippen LogP contribution in [0.25, 0.3) is 0 Å². The fraction of sp³-hybridized carbons (Fsp3) is 0.571. The first-order valence-electron chi connectivity index (χ1n) is 6.45. The van der Waals surface area contributed by atoms with Crippen molar-refractivity contribution in [2.45, 2.75) is 25.4 Å². The van der Waals surface area contributed by atoms with E-state index in [-0.39, 0.29) is 11.1 Å². The maximum Gasteiger partial charge on any atom is 0.333 e. The van der Waals surface area contributed by atoms with E-state index >= 15 is 0 Å². The van der Waals surface area contributed by atoms with Crippen LogP contribution >= 0.6 is 0 Å². The van der Waals surface area contributed by atoms with Crippen LogP contribution in [0.3, 0.4) is 0 Å². The number of rotatable bonds is 6. The predicted octanol–water partition coefficient (Wildman–Crippen LogP) is -0.351. The van der Waals surface area contributed by atoms with Crippen LogP contribution in [0.4, 0.5) is 0 Å². The van der Waals surface area contributed by atoms with Gasteiger partial charge in [-0.05, 0) is 13.8 Å². The van der Waals surface area contributed by atoms with Gasteiger partial charge in [-0.15, -0.1) is 0 Å². The van der Waals surface area contributed by atoms with E-state index in [2.05, 4.69) is 13.2 Å². The third-order valence-corrected chi connectivity index (χ3v) is 2.69. The predicted molar refractivity (Wildman–Crippen MR) is 73.3 cm³/mol. The largest absolute Gasteiger partial charge is 0.457 e. The molecule has 1 saturated heterocycles. The molecule has 0 spiro atoms. The summed E-state index contributed by atoms with van der Waals surface area (Å²) < 4.78 is 19.7. The third kappa shape index (κ3) is 5.23. The average Bonchev–Trinajstić information content (AvgIpc) is 2.46. The van der Waals surface area contributed by atoms with Crippen LogP contribution in [0.2, 0.25) is 0 Å². The Morgan fingerprint density at radius 3 is 1.50 bits per heavy atom. The molecule has 124 valence electrons. The molecule has 1 aliphatic heterocycles. The lowest BCUT2D eigenvalue weighted by molar-refractivity contribution is -0.377. The molecule has 2 unspecified atom stereocenters. The zero-order chi connectivity index (χ0) is 17.0. The van der Waals surface area contributed by atoms with E-state index in [0.717, 1.165) is 0 Å². The van der Waals surface area contributed by atoms with E-state index in [1.807, 2.05) is 0 Å². The molecule has 1 aliphatic rings. The van der Waals surface area contributed by atoms with Crippen molar-refractivity contribution < 1.29 is 38.7 Å². The summed E-state index contributed by atoms with van der Waals surface area (Å²) in [4.78, 5) is 22.5. The summed E-state index contributed by atoms with van der Waals surface area (Å²) in [6, 6.07) is 0. The Balaban J connectivity index is 2.46. The van der Waals surface area contributed by atoms with Gasteiger partial charge in [0.05, 0.1) is 0 Å². The molecule has 0 amide bonds. The zero-order valence-corrected chi connectivity index (χ0v) is 12.6. The number of hydrogen-bond acceptors (Lipinski definition) is 8. The van der Waals surface area contributed by atoms with Gasteiger partial charge in [-0.3, -0.25) is 0 Å². The summed E-state index contributed by atoms with van der Waals surface area (Å²) >= 11 is 0. The van der Waals surface area contributed by atoms with Crippen LogP contribution in [0.15, 0.2) is 24.3 Å². The molecule has 1 fully saturated rings. The summed E-state index contributed by atoms with van der Waals surface area (Å²) in [5.41, 5.74) is 0.340. The van der Waals surface area contributed by atoms with Gasteiger partial charge in [0.25, 0.3) is 0 Å². The van der Waals surface area contributed by atoms with Crippen LogP contribution in [0.5, 0.6) is 0 Å². The van der Waals surface area contributed by atoms with E-state index in [1.54, 1.807) is 0 Å². The highest BCUT2D eigenvalue weighted by atomic mass is 16.7. The first kappa shape index (κ1) is 18.3. The van der Waals surface area contributed by atoms with Crippen molar-refractivity contribution in [2.75, 3.05) is 26.4 Å². The quantitative estimate of drug-likeness (QED) is 0.505. The second kappa shape index (κ2) is 7.01. The molecule has 8 heteroatoms. The summed E-state index contributed by atoms with van der Waals surface area (Å²) in [6.45, 7) is 7.79. The topological polar surface area (TPSA) is 112 Å². The SMILES string of the molecule is C=C(C)C(=O)OCC1(O)COC(O)(COC(=O)C(=C)C)CO1. The van der Waals surface area contributed by atoms with Gasteiger partial charge < -0.3 is 29.2 Å². The summed E-state index contributed by atoms with van der Waals surface area (Å²) in [5, 5.41) is 20.0. The van der Waals surface area contributed by atoms with Gasteiger partial charge >= 0.3 is 11.9 Å². The average molecular weight is 316 g/mol. The minimum atomic E-state index is -1.89. The van der Waals surface area contributed by atoms with Gasteiger partial charge in [-0.1, -0.05) is 13.2 Å². The Morgan fingerprint density at radius 1 is 0.955 bits per heavy atom. The number of aliphatic hydroxyl groups is 2. The molecular weight excluding hydrogens is 296 g/mol. The normalized spacial score (nSPS) is 27.8. The van der Waals surface area contributed by atoms with E-state index in [4.69, 9.17) is 18.9 Å². The highest BCUT2D eigenvalue weighted by Crippen LogP contribution is 2.23. The standard InChI is InChI=1S/C14H20O8/c1-9(2)11(15)19-5-13(17)7-22-14(18,8-21-13)6-20-12(16)10(3)4/h17-18H,1,3,5-8H2,2,4H3. The lowest BCUT2D eigenvalue weighted by atomic mass is 10.2. The van der Waals surface area contributed by atoms with Gasteiger partial charge in [-0.25, -0.2) is 9.59 Å². The maximum absolute atomic E-state index is 11.3. The molecule has 2 atom stereocenters. The molecule has 22 heavy (non-hydrogen) atoms. The van der Waals surface area contributed by atoms with Crippen molar-refractivity contribution in [3.63, 3.8) is 0 Å². The monoisotopic (exact) mass is 316 g/mol. The van der Waals surface area contributed by atoms with Crippen LogP contribution in [-0.4, -0.2) is 60.2 Å². The van der Waals surface area contributed by atoms with Crippen molar-refractivity contribution in [1.29, 1.82) is 0 Å². The van der Waals surface area contributed by atoms with Crippen LogP contribution in [-0.2, 0) is 28.5 Å². The second-order valence-electron chi connectivity index (χ2n) is 5.18. The van der Waals surface area contributed by atoms with Crippen LogP contribution < -0.4 is 0 Å². The van der Waals surface area contributed by atoms with E-state index in [9.17, 15) is 19.8 Å². The molecule has 0 bridgehead atoms. The van der Waals surface area contributed by atoms with Gasteiger partial charge in [-0.2, -0.15) is 0 Å². The number of ether oxygens (including phenoxy) is 4. The van der Waals surface area contributed by atoms with Crippen molar-refractivity contribution in [3.05, 3.63) is 24.3 Å². The van der Waals surface area contributed by atoms with Crippen molar-refractivity contribution in [1.82, 2.24) is 0 Å². The van der Waals surface area contributed by atoms with Crippen molar-refractivity contribution in [3.8, 4) is 0 Å². The summed E-state index contributed by atoms with van der Waals surface area (Å²) in [7, 11) is 0. The number of esters is 2. The Hall–Kier alpha value is -1.74. The number of carbonyl (C=O) groups is 2. The second-order valence-corrected chi connectivity index (χ2v) is 5.18. The first-order chi connectivity index (χ1) is 10.1. The molecule has 0 aliphatic carbocycles. The molecule has 1 rings (SSSR count). The highest BCUT2D eigenvalue weighted by Gasteiger charge is 2.44. The Kier molecular flexibility index (Phi) is 5.84. The lowest BCUT2D eigenvalue weighted by Crippen LogP contribution is -2.57. The fourth-order valence-corrected chi connectivity index (χ4v) is 1.35. The molecule has 0 aromatic rings. The van der Waals surface area contributed by atoms with Crippen molar-refractivity contribution in [2.24, 2.45) is 0 Å². The van der Waals surface area contributed by atoms with Gasteiger partial charge in [0.1, 0.15) is 26.4 Å². The van der Waals surface area contributed by atoms with Gasteiger partial charge in [0, 0.05) is 11.1 Å². The van der Waals surface area contributed by atoms with Crippen molar-refractivity contribution >= 4 is 11.9 Å². The van der Waals surface area contributed by atoms with Crippen LogP contribution in [0, 0.1) is 0 Å². The minimum absolute atomic E-state index is 0.170. The molecule has 1 heterocycles. The Bertz CT molecular complexity index is 429. The fourth-order valence-electron chi connectivity index (χ4n) is 1.35. The highest BCUT2D eigenvalue weighted by molar-refractivity contribution is 5.87. The molecule has 2 N–H and O–H groups in total. The third-order valence-electron chi connectivity index (χ3n) is 2.69. The molecular formula is C14H20O8. The Labute approximate surface area is 127 Å². The lowest BCUT2D eigenvalue weighted by Gasteiger charge is -2.39. The van der Waals surface area contributed by atoms with Gasteiger partial charge in [0.15, 0.2) is 0 Å². The molecule has 0 aromatic heterocycles. The maximum atomic E-state index is 11.3. The molecule has 0 aromatic carbocycles. The molecule has 0 radical (unpaired) electrons. The van der Waals surface area contributed by atoms with Gasteiger partial charge in [0.2, 0.25) is 11.6 Å². The minimum Gasteiger partial charge on any atom is -0.457 e. The number of hydrogen-bond donors (Lipinski definition) is 2. The first-order valence-corrected chi connectivity index (χ1v) is 6.45. The summed E-state index contributed by atoms with van der Waals surface area (Å²) in [5.74, 6) is -5.16. The van der Waals surface area contributed by atoms with E-state index in [0.29, 0.717) is 0 Å². The summed E-state index contributed by atoms with van der Waals surface area (Å²) in [6.07, 6.45) is 0. The smallest absolute Gasteiger partial charge is 0.333 e. The molecule has 8 nitrogen and oxygen atoms in total. The van der Waals surface area contributed by atoms with Crippen LogP contribution in [0.1, 0.15) is 13.8 Å². The zero-order valence-electron chi connectivity index (χ0n) is 12.6.